The topological polar surface area (TPSA) is 25.2 Å². The average molecular weight is 355 g/mol. The fourth-order valence-electron chi connectivity index (χ4n) is 2.83. The van der Waals surface area contributed by atoms with Gasteiger partial charge in [-0.3, -0.25) is 0 Å². The number of nitrogens with zero attached hydrogens (tertiary/aromatic N) is 1. The van der Waals surface area contributed by atoms with Crippen molar-refractivity contribution in [2.24, 2.45) is 0 Å². The summed E-state index contributed by atoms with van der Waals surface area (Å²) in [4.78, 5) is 0. The molecule has 0 amide bonds. The van der Waals surface area contributed by atoms with Crippen molar-refractivity contribution in [1.82, 2.24) is 4.57 Å². The Hall–Kier alpha value is -0.770. The number of aryl methyl sites for hydroxylation is 1. The Bertz CT molecular complexity index is 623. The van der Waals surface area contributed by atoms with Gasteiger partial charge >= 0.3 is 0 Å². The molecule has 1 aromatic carbocycles. The van der Waals surface area contributed by atoms with Crippen molar-refractivity contribution < 1.29 is 5.11 Å². The van der Waals surface area contributed by atoms with E-state index >= 15 is 0 Å². The monoisotopic (exact) mass is 353 g/mol. The van der Waals surface area contributed by atoms with E-state index in [2.05, 4.69) is 32.9 Å². The van der Waals surface area contributed by atoms with Crippen LogP contribution in [0.25, 0.3) is 0 Å². The molecule has 106 valence electrons. The maximum Gasteiger partial charge on any atom is 0.0807 e. The lowest BCUT2D eigenvalue weighted by Gasteiger charge is -2.08. The van der Waals surface area contributed by atoms with Gasteiger partial charge in [-0.1, -0.05) is 40.0 Å². The molecule has 1 heterocycles. The van der Waals surface area contributed by atoms with Crippen molar-refractivity contribution in [1.29, 1.82) is 0 Å². The molecule has 0 aliphatic heterocycles. The summed E-state index contributed by atoms with van der Waals surface area (Å²) in [5.74, 6) is 0. The Labute approximate surface area is 132 Å². The summed E-state index contributed by atoms with van der Waals surface area (Å²) >= 11 is 9.69. The molecular formula is C16H17BrClNO. The molecule has 1 unspecified atom stereocenters. The minimum absolute atomic E-state index is 0.311. The van der Waals surface area contributed by atoms with Gasteiger partial charge in [-0.15, -0.1) is 0 Å². The van der Waals surface area contributed by atoms with Crippen molar-refractivity contribution in [3.8, 4) is 0 Å². The Morgan fingerprint density at radius 2 is 2.15 bits per heavy atom. The first-order chi connectivity index (χ1) is 9.63. The molecule has 0 bridgehead atoms. The number of aliphatic hydroxyl groups excluding tert-OH is 1. The van der Waals surface area contributed by atoms with E-state index in [1.807, 2.05) is 18.2 Å². The van der Waals surface area contributed by atoms with Crippen LogP contribution in [0.5, 0.6) is 0 Å². The van der Waals surface area contributed by atoms with E-state index in [0.29, 0.717) is 0 Å². The fraction of sp³-hybridized carbons (Fsp3) is 0.375. The predicted molar refractivity (Wildman–Crippen MR) is 85.2 cm³/mol. The van der Waals surface area contributed by atoms with Gasteiger partial charge in [0.25, 0.3) is 0 Å². The van der Waals surface area contributed by atoms with Crippen molar-refractivity contribution in [2.75, 3.05) is 0 Å². The maximum atomic E-state index is 10.2. The minimum atomic E-state index is -0.311. The van der Waals surface area contributed by atoms with E-state index in [-0.39, 0.29) is 6.10 Å². The van der Waals surface area contributed by atoms with Crippen LogP contribution >= 0.6 is 27.5 Å². The van der Waals surface area contributed by atoms with Crippen LogP contribution < -0.4 is 0 Å². The fourth-order valence-corrected chi connectivity index (χ4v) is 3.56. The molecule has 2 nitrogen and oxygen atoms in total. The van der Waals surface area contributed by atoms with Gasteiger partial charge in [-0.05, 0) is 42.5 Å². The number of fused-ring (bicyclic) bond motifs is 1. The molecule has 3 rings (SSSR count). The number of aliphatic hydroxyl groups is 1. The van der Waals surface area contributed by atoms with E-state index in [1.54, 1.807) is 0 Å². The highest BCUT2D eigenvalue weighted by Gasteiger charge is 2.18. The van der Waals surface area contributed by atoms with Crippen molar-refractivity contribution >= 4 is 27.5 Å². The van der Waals surface area contributed by atoms with Gasteiger partial charge in [-0.2, -0.15) is 0 Å². The summed E-state index contributed by atoms with van der Waals surface area (Å²) < 4.78 is 3.12. The van der Waals surface area contributed by atoms with Gasteiger partial charge in [-0.25, -0.2) is 0 Å². The van der Waals surface area contributed by atoms with Crippen molar-refractivity contribution in [3.05, 3.63) is 56.8 Å². The molecule has 0 spiro atoms. The van der Waals surface area contributed by atoms with Gasteiger partial charge in [0.2, 0.25) is 0 Å². The predicted octanol–water partition coefficient (Wildman–Crippen LogP) is 4.71. The largest absolute Gasteiger partial charge is 0.388 e. The highest BCUT2D eigenvalue weighted by Crippen LogP contribution is 2.30. The lowest BCUT2D eigenvalue weighted by molar-refractivity contribution is 0.166. The quantitative estimate of drug-likeness (QED) is 0.776. The van der Waals surface area contributed by atoms with Gasteiger partial charge in [0.1, 0.15) is 0 Å². The molecule has 0 saturated carbocycles. The average Bonchev–Trinajstić information content (AvgIpc) is 2.73. The molecule has 2 aromatic rings. The lowest BCUT2D eigenvalue weighted by atomic mass is 10.1. The van der Waals surface area contributed by atoms with Gasteiger partial charge < -0.3 is 9.67 Å². The standard InChI is InChI=1S/C16H17BrClNO/c17-13-6-5-12(15(18)7-13)9-19-8-11-3-1-2-4-16(20)14(11)10-19/h5-8,10,16,20H,1-4,9H2. The van der Waals surface area contributed by atoms with Crippen molar-refractivity contribution in [2.45, 2.75) is 38.3 Å². The van der Waals surface area contributed by atoms with Gasteiger partial charge in [0.15, 0.2) is 0 Å². The Balaban J connectivity index is 1.87. The summed E-state index contributed by atoms with van der Waals surface area (Å²) in [7, 11) is 0. The third kappa shape index (κ3) is 2.95. The Morgan fingerprint density at radius 1 is 1.30 bits per heavy atom. The summed E-state index contributed by atoms with van der Waals surface area (Å²) in [6, 6.07) is 5.96. The molecule has 0 radical (unpaired) electrons. The van der Waals surface area contributed by atoms with Crippen LogP contribution in [0.4, 0.5) is 0 Å². The first kappa shape index (κ1) is 14.2. The SMILES string of the molecule is OC1CCCCc2cn(Cc3ccc(Br)cc3Cl)cc21. The molecule has 4 heteroatoms. The molecular weight excluding hydrogens is 338 g/mol. The Kier molecular flexibility index (Phi) is 4.20. The van der Waals surface area contributed by atoms with Crippen LogP contribution in [-0.2, 0) is 13.0 Å². The third-order valence-corrected chi connectivity index (χ3v) is 4.74. The van der Waals surface area contributed by atoms with Gasteiger partial charge in [0.05, 0.1) is 6.10 Å². The summed E-state index contributed by atoms with van der Waals surface area (Å²) in [6.45, 7) is 0.742. The zero-order valence-corrected chi connectivity index (χ0v) is 13.5. The molecule has 1 atom stereocenters. The molecule has 20 heavy (non-hydrogen) atoms. The normalized spacial score (nSPS) is 18.6. The van der Waals surface area contributed by atoms with E-state index in [4.69, 9.17) is 11.6 Å². The first-order valence-corrected chi connectivity index (χ1v) is 8.11. The second-order valence-corrected chi connectivity index (χ2v) is 6.73. The molecule has 0 fully saturated rings. The molecule has 1 aliphatic carbocycles. The maximum absolute atomic E-state index is 10.2. The molecule has 1 aromatic heterocycles. The highest BCUT2D eigenvalue weighted by molar-refractivity contribution is 9.10. The van der Waals surface area contributed by atoms with E-state index in [1.165, 1.54) is 5.56 Å². The number of hydrogen-bond acceptors (Lipinski definition) is 1. The summed E-state index contributed by atoms with van der Waals surface area (Å²) in [5.41, 5.74) is 3.47. The van der Waals surface area contributed by atoms with E-state index < -0.39 is 0 Å². The number of halogens is 2. The number of benzene rings is 1. The summed E-state index contributed by atoms with van der Waals surface area (Å²) in [6.07, 6.45) is 8.12. The van der Waals surface area contributed by atoms with Crippen LogP contribution in [-0.4, -0.2) is 9.67 Å². The second-order valence-electron chi connectivity index (χ2n) is 5.41. The number of rotatable bonds is 2. The number of hydrogen-bond donors (Lipinski definition) is 1. The Morgan fingerprint density at radius 3 is 2.95 bits per heavy atom. The van der Waals surface area contributed by atoms with Crippen molar-refractivity contribution in [3.63, 3.8) is 0 Å². The van der Waals surface area contributed by atoms with Crippen LogP contribution in [0, 0.1) is 0 Å². The summed E-state index contributed by atoms with van der Waals surface area (Å²) in [5, 5.41) is 10.9. The first-order valence-electron chi connectivity index (χ1n) is 6.94. The minimum Gasteiger partial charge on any atom is -0.388 e. The lowest BCUT2D eigenvalue weighted by Crippen LogP contribution is -1.99. The third-order valence-electron chi connectivity index (χ3n) is 3.90. The van der Waals surface area contributed by atoms with Crippen LogP contribution in [0.15, 0.2) is 35.1 Å². The molecule has 1 N–H and O–H groups in total. The molecule has 1 aliphatic rings. The van der Waals surface area contributed by atoms with Crippen LogP contribution in [0.1, 0.15) is 42.1 Å². The highest BCUT2D eigenvalue weighted by atomic mass is 79.9. The van der Waals surface area contributed by atoms with Crippen LogP contribution in [0.2, 0.25) is 5.02 Å². The second kappa shape index (κ2) is 5.92. The zero-order valence-electron chi connectivity index (χ0n) is 11.1. The van der Waals surface area contributed by atoms with E-state index in [9.17, 15) is 5.11 Å². The van der Waals surface area contributed by atoms with E-state index in [0.717, 1.165) is 52.9 Å². The van der Waals surface area contributed by atoms with Crippen LogP contribution in [0.3, 0.4) is 0 Å². The van der Waals surface area contributed by atoms with Gasteiger partial charge in [0, 0.05) is 34.0 Å². The smallest absolute Gasteiger partial charge is 0.0807 e. The number of aromatic nitrogens is 1. The zero-order chi connectivity index (χ0) is 14.1. The molecule has 0 saturated heterocycles.